The third-order valence-corrected chi connectivity index (χ3v) is 7.53. The second-order valence-electron chi connectivity index (χ2n) is 9.84. The van der Waals surface area contributed by atoms with E-state index in [0.29, 0.717) is 6.54 Å². The van der Waals surface area contributed by atoms with Gasteiger partial charge in [0, 0.05) is 29.9 Å². The molecule has 1 spiro atoms. The van der Waals surface area contributed by atoms with Gasteiger partial charge in [-0.3, -0.25) is 9.80 Å². The van der Waals surface area contributed by atoms with Gasteiger partial charge in [0.15, 0.2) is 0 Å². The summed E-state index contributed by atoms with van der Waals surface area (Å²) in [5.74, 6) is -0.242. The van der Waals surface area contributed by atoms with Crippen LogP contribution in [0.2, 0.25) is 0 Å². The van der Waals surface area contributed by atoms with Gasteiger partial charge in [0.2, 0.25) is 0 Å². The Morgan fingerprint density at radius 3 is 2.43 bits per heavy atom. The Bertz CT molecular complexity index is 1230. The van der Waals surface area contributed by atoms with Gasteiger partial charge < -0.3 is 5.32 Å². The molecule has 0 radical (unpaired) electrons. The molecule has 2 aliphatic heterocycles. The molecule has 4 nitrogen and oxygen atoms in total. The van der Waals surface area contributed by atoms with E-state index in [2.05, 4.69) is 34.5 Å². The summed E-state index contributed by atoms with van der Waals surface area (Å²) < 4.78 is 14.3. The molecule has 35 heavy (non-hydrogen) atoms. The van der Waals surface area contributed by atoms with Crippen molar-refractivity contribution in [1.82, 2.24) is 4.90 Å². The maximum Gasteiger partial charge on any atom is 0.326 e. The molecular weight excluding hydrogens is 437 g/mol. The molecule has 1 saturated heterocycles. The summed E-state index contributed by atoms with van der Waals surface area (Å²) in [6.07, 6.45) is 6.16. The van der Waals surface area contributed by atoms with Crippen LogP contribution in [0.15, 0.2) is 72.8 Å². The minimum Gasteiger partial charge on any atom is -0.307 e. The Morgan fingerprint density at radius 1 is 1.00 bits per heavy atom. The number of hydrogen-bond donors (Lipinski definition) is 1. The predicted octanol–water partition coefficient (Wildman–Crippen LogP) is 6.54. The number of anilines is 2. The van der Waals surface area contributed by atoms with Crippen LogP contribution in [0.5, 0.6) is 0 Å². The summed E-state index contributed by atoms with van der Waals surface area (Å²) in [6.45, 7) is 7.30. The van der Waals surface area contributed by atoms with E-state index in [0.717, 1.165) is 60.5 Å². The Kier molecular flexibility index (Phi) is 6.44. The van der Waals surface area contributed by atoms with Crippen LogP contribution in [0.25, 0.3) is 6.08 Å². The molecule has 0 atom stereocenters. The Balaban J connectivity index is 1.31. The van der Waals surface area contributed by atoms with Gasteiger partial charge in [-0.05, 0) is 80.2 Å². The van der Waals surface area contributed by atoms with Gasteiger partial charge in [0.05, 0.1) is 0 Å². The molecule has 2 amide bonds. The maximum atomic E-state index is 14.3. The predicted molar refractivity (Wildman–Crippen MR) is 142 cm³/mol. The molecule has 5 rings (SSSR count). The van der Waals surface area contributed by atoms with Crippen LogP contribution in [-0.4, -0.2) is 37.1 Å². The zero-order chi connectivity index (χ0) is 24.4. The number of urea groups is 1. The van der Waals surface area contributed by atoms with Crippen molar-refractivity contribution in [3.05, 3.63) is 101 Å². The van der Waals surface area contributed by atoms with E-state index in [1.807, 2.05) is 55.1 Å². The number of amides is 2. The number of aryl methyl sites for hydroxylation is 2. The first-order valence-corrected chi connectivity index (χ1v) is 12.3. The van der Waals surface area contributed by atoms with Crippen LogP contribution in [-0.2, 0) is 5.41 Å². The van der Waals surface area contributed by atoms with Crippen LogP contribution in [0.1, 0.15) is 35.1 Å². The molecule has 5 heteroatoms. The van der Waals surface area contributed by atoms with E-state index >= 15 is 0 Å². The molecule has 0 saturated carbocycles. The summed E-state index contributed by atoms with van der Waals surface area (Å²) in [5.41, 5.74) is 5.69. The van der Waals surface area contributed by atoms with Crippen molar-refractivity contribution in [2.45, 2.75) is 32.1 Å². The van der Waals surface area contributed by atoms with E-state index in [1.165, 1.54) is 11.6 Å². The van der Waals surface area contributed by atoms with Crippen LogP contribution in [0.3, 0.4) is 0 Å². The van der Waals surface area contributed by atoms with Crippen molar-refractivity contribution in [2.75, 3.05) is 36.4 Å². The van der Waals surface area contributed by atoms with E-state index in [4.69, 9.17) is 0 Å². The lowest BCUT2D eigenvalue weighted by Crippen LogP contribution is -2.46. The number of benzene rings is 3. The molecule has 0 aliphatic carbocycles. The largest absolute Gasteiger partial charge is 0.326 e. The van der Waals surface area contributed by atoms with E-state index in [9.17, 15) is 9.18 Å². The van der Waals surface area contributed by atoms with Crippen molar-refractivity contribution in [2.24, 2.45) is 0 Å². The van der Waals surface area contributed by atoms with Gasteiger partial charge in [-0.2, -0.15) is 0 Å². The molecule has 180 valence electrons. The van der Waals surface area contributed by atoms with Crippen molar-refractivity contribution in [1.29, 1.82) is 0 Å². The zero-order valence-corrected chi connectivity index (χ0v) is 20.4. The number of para-hydroxylation sites is 1. The standard InChI is InChI=1S/C30H32FN3O/c1-22-8-6-9-23(2)28(22)32-29(35)34-21-30(26-20-25(31)13-14-27(26)34)15-18-33(19-16-30)17-7-12-24-10-4-3-5-11-24/h3-14,20H,15-19,21H2,1-2H3,(H,32,35). The number of rotatable bonds is 4. The lowest BCUT2D eigenvalue weighted by atomic mass is 9.74. The summed E-state index contributed by atoms with van der Waals surface area (Å²) in [4.78, 5) is 17.7. The molecule has 0 bridgehead atoms. The third-order valence-electron chi connectivity index (χ3n) is 7.53. The molecule has 3 aromatic rings. The third kappa shape index (κ3) is 4.73. The summed E-state index contributed by atoms with van der Waals surface area (Å²) in [7, 11) is 0. The maximum absolute atomic E-state index is 14.3. The molecule has 2 heterocycles. The number of nitrogens with one attached hydrogen (secondary N) is 1. The second kappa shape index (κ2) is 9.67. The summed E-state index contributed by atoms with van der Waals surface area (Å²) in [6, 6.07) is 21.0. The van der Waals surface area contributed by atoms with E-state index < -0.39 is 0 Å². The Hall–Kier alpha value is -3.44. The molecule has 2 aliphatic rings. The number of nitrogens with zero attached hydrogens (tertiary/aromatic N) is 2. The number of piperidine rings is 1. The fourth-order valence-electron chi connectivity index (χ4n) is 5.50. The van der Waals surface area contributed by atoms with Crippen molar-refractivity contribution >= 4 is 23.5 Å². The average Bonchev–Trinajstić information content (AvgIpc) is 3.17. The monoisotopic (exact) mass is 469 g/mol. The van der Waals surface area contributed by atoms with Crippen molar-refractivity contribution < 1.29 is 9.18 Å². The van der Waals surface area contributed by atoms with Gasteiger partial charge in [0.25, 0.3) is 0 Å². The SMILES string of the molecule is Cc1cccc(C)c1NC(=O)N1CC2(CCN(CC=Cc3ccccc3)CC2)c2cc(F)ccc21. The molecule has 1 fully saturated rings. The van der Waals surface area contributed by atoms with Gasteiger partial charge in [-0.1, -0.05) is 60.7 Å². The fourth-order valence-corrected chi connectivity index (χ4v) is 5.50. The molecular formula is C30H32FN3O. The van der Waals surface area contributed by atoms with Gasteiger partial charge >= 0.3 is 6.03 Å². The van der Waals surface area contributed by atoms with Crippen LogP contribution in [0.4, 0.5) is 20.6 Å². The number of halogens is 1. The first kappa shape index (κ1) is 23.3. The lowest BCUT2D eigenvalue weighted by Gasteiger charge is -2.39. The first-order valence-electron chi connectivity index (χ1n) is 12.3. The highest BCUT2D eigenvalue weighted by atomic mass is 19.1. The Morgan fingerprint density at radius 2 is 1.71 bits per heavy atom. The minimum atomic E-state index is -0.242. The Labute approximate surface area is 207 Å². The van der Waals surface area contributed by atoms with Crippen molar-refractivity contribution in [3.8, 4) is 0 Å². The molecule has 1 N–H and O–H groups in total. The number of hydrogen-bond acceptors (Lipinski definition) is 2. The quantitative estimate of drug-likeness (QED) is 0.471. The average molecular weight is 470 g/mol. The van der Waals surface area contributed by atoms with E-state index in [-0.39, 0.29) is 17.3 Å². The fraction of sp³-hybridized carbons (Fsp3) is 0.300. The first-order chi connectivity index (χ1) is 16.9. The highest BCUT2D eigenvalue weighted by Crippen LogP contribution is 2.47. The molecule has 3 aromatic carbocycles. The number of carbonyl (C=O) groups is 1. The topological polar surface area (TPSA) is 35.6 Å². The summed E-state index contributed by atoms with van der Waals surface area (Å²) in [5, 5.41) is 3.12. The smallest absolute Gasteiger partial charge is 0.307 e. The van der Waals surface area contributed by atoms with Crippen LogP contribution < -0.4 is 10.2 Å². The minimum absolute atomic E-state index is 0.152. The van der Waals surface area contributed by atoms with Crippen molar-refractivity contribution in [3.63, 3.8) is 0 Å². The number of carbonyl (C=O) groups excluding carboxylic acids is 1. The van der Waals surface area contributed by atoms with Gasteiger partial charge in [0.1, 0.15) is 5.82 Å². The van der Waals surface area contributed by atoms with Crippen LogP contribution in [0, 0.1) is 19.7 Å². The second-order valence-corrected chi connectivity index (χ2v) is 9.84. The zero-order valence-electron chi connectivity index (χ0n) is 20.4. The van der Waals surface area contributed by atoms with Gasteiger partial charge in [-0.15, -0.1) is 0 Å². The highest BCUT2D eigenvalue weighted by molar-refractivity contribution is 6.04. The molecule has 0 aromatic heterocycles. The highest BCUT2D eigenvalue weighted by Gasteiger charge is 2.46. The normalized spacial score (nSPS) is 17.2. The summed E-state index contributed by atoms with van der Waals surface area (Å²) >= 11 is 0. The molecule has 0 unspecified atom stereocenters. The van der Waals surface area contributed by atoms with Crippen LogP contribution >= 0.6 is 0 Å². The lowest BCUT2D eigenvalue weighted by molar-refractivity contribution is 0.180. The number of fused-ring (bicyclic) bond motifs is 2. The van der Waals surface area contributed by atoms with Gasteiger partial charge in [-0.25, -0.2) is 9.18 Å². The number of likely N-dealkylation sites (tertiary alicyclic amines) is 1. The van der Waals surface area contributed by atoms with E-state index in [1.54, 1.807) is 12.1 Å².